The highest BCUT2D eigenvalue weighted by molar-refractivity contribution is 5.87. The van der Waals surface area contributed by atoms with Crippen LogP contribution in [-0.4, -0.2) is 4.98 Å². The first-order valence-corrected chi connectivity index (χ1v) is 5.28. The summed E-state index contributed by atoms with van der Waals surface area (Å²) in [6.07, 6.45) is 1.76. The number of rotatable bonds is 0. The molecule has 0 atom stereocenters. The van der Waals surface area contributed by atoms with E-state index in [2.05, 4.69) is 4.98 Å². The maximum absolute atomic E-state index is 11.4. The summed E-state index contributed by atoms with van der Waals surface area (Å²) < 4.78 is 0. The Kier molecular flexibility index (Phi) is 3.67. The van der Waals surface area contributed by atoms with Crippen LogP contribution in [0.15, 0.2) is 29.2 Å². The van der Waals surface area contributed by atoms with Crippen molar-refractivity contribution in [3.8, 4) is 0 Å². The van der Waals surface area contributed by atoms with Crippen molar-refractivity contribution in [3.63, 3.8) is 0 Å². The average molecular weight is 203 g/mol. The molecule has 0 unspecified atom stereocenters. The highest BCUT2D eigenvalue weighted by atomic mass is 16.1. The number of fused-ring (bicyclic) bond motifs is 1. The van der Waals surface area contributed by atoms with Gasteiger partial charge in [-0.2, -0.15) is 0 Å². The first kappa shape index (κ1) is 11.5. The van der Waals surface area contributed by atoms with Crippen LogP contribution in [0.2, 0.25) is 0 Å². The molecular formula is C13H17NO. The van der Waals surface area contributed by atoms with Crippen LogP contribution in [0.25, 0.3) is 10.8 Å². The zero-order valence-electron chi connectivity index (χ0n) is 9.72. The standard InChI is InChI=1S/C11H11NO.C2H6/c1-7-4-3-5-9-10(7)8(2)6-12-11(9)13;1-2/h3-6H,1-2H3,(H,12,13);1-2H3. The van der Waals surface area contributed by atoms with Gasteiger partial charge in [0.15, 0.2) is 0 Å². The highest BCUT2D eigenvalue weighted by Crippen LogP contribution is 2.17. The number of hydrogen-bond acceptors (Lipinski definition) is 1. The Hall–Kier alpha value is -1.57. The van der Waals surface area contributed by atoms with Crippen LogP contribution in [-0.2, 0) is 0 Å². The van der Waals surface area contributed by atoms with Crippen LogP contribution >= 0.6 is 0 Å². The lowest BCUT2D eigenvalue weighted by Crippen LogP contribution is -2.06. The first-order chi connectivity index (χ1) is 7.20. The van der Waals surface area contributed by atoms with E-state index in [1.54, 1.807) is 6.20 Å². The van der Waals surface area contributed by atoms with Crippen LogP contribution < -0.4 is 5.56 Å². The largest absolute Gasteiger partial charge is 0.328 e. The van der Waals surface area contributed by atoms with Crippen molar-refractivity contribution in [2.75, 3.05) is 0 Å². The van der Waals surface area contributed by atoms with Gasteiger partial charge in [0.1, 0.15) is 0 Å². The molecule has 0 aliphatic heterocycles. The minimum atomic E-state index is -0.00991. The molecule has 1 N–H and O–H groups in total. The summed E-state index contributed by atoms with van der Waals surface area (Å²) in [5, 5.41) is 1.85. The molecule has 1 aromatic heterocycles. The number of H-pyrrole nitrogens is 1. The maximum atomic E-state index is 11.4. The lowest BCUT2D eigenvalue weighted by molar-refractivity contribution is 1.23. The molecule has 0 bridgehead atoms. The van der Waals surface area contributed by atoms with Crippen LogP contribution in [0.3, 0.4) is 0 Å². The lowest BCUT2D eigenvalue weighted by Gasteiger charge is -2.03. The van der Waals surface area contributed by atoms with Crippen molar-refractivity contribution in [2.24, 2.45) is 0 Å². The molecular weight excluding hydrogens is 186 g/mol. The molecule has 2 aromatic rings. The van der Waals surface area contributed by atoms with Crippen LogP contribution in [0.1, 0.15) is 25.0 Å². The fourth-order valence-electron chi connectivity index (χ4n) is 1.70. The quantitative estimate of drug-likeness (QED) is 0.701. The summed E-state index contributed by atoms with van der Waals surface area (Å²) in [5.41, 5.74) is 2.26. The van der Waals surface area contributed by atoms with E-state index < -0.39 is 0 Å². The predicted octanol–water partition coefficient (Wildman–Crippen LogP) is 3.17. The van der Waals surface area contributed by atoms with Crippen molar-refractivity contribution in [1.82, 2.24) is 4.98 Å². The molecule has 0 aliphatic carbocycles. The molecule has 2 rings (SSSR count). The zero-order chi connectivity index (χ0) is 11.4. The normalized spacial score (nSPS) is 9.60. The van der Waals surface area contributed by atoms with Crippen molar-refractivity contribution in [3.05, 3.63) is 45.9 Å². The molecule has 15 heavy (non-hydrogen) atoms. The van der Waals surface area contributed by atoms with Gasteiger partial charge < -0.3 is 4.98 Å². The first-order valence-electron chi connectivity index (χ1n) is 5.28. The number of pyridine rings is 1. The lowest BCUT2D eigenvalue weighted by atomic mass is 10.0. The second kappa shape index (κ2) is 4.78. The van der Waals surface area contributed by atoms with Gasteiger partial charge in [0.25, 0.3) is 5.56 Å². The van der Waals surface area contributed by atoms with Crippen molar-refractivity contribution in [2.45, 2.75) is 27.7 Å². The van der Waals surface area contributed by atoms with Gasteiger partial charge in [-0.25, -0.2) is 0 Å². The Morgan fingerprint density at radius 3 is 2.33 bits per heavy atom. The number of hydrogen-bond donors (Lipinski definition) is 1. The number of aromatic amines is 1. The van der Waals surface area contributed by atoms with Gasteiger partial charge in [-0.3, -0.25) is 4.79 Å². The monoisotopic (exact) mass is 203 g/mol. The second-order valence-corrected chi connectivity index (χ2v) is 3.30. The summed E-state index contributed by atoms with van der Waals surface area (Å²) in [7, 11) is 0. The Bertz CT molecular complexity index is 503. The maximum Gasteiger partial charge on any atom is 0.255 e. The minimum Gasteiger partial charge on any atom is -0.328 e. The number of aromatic nitrogens is 1. The molecule has 0 fully saturated rings. The third kappa shape index (κ3) is 2.09. The second-order valence-electron chi connectivity index (χ2n) is 3.30. The molecule has 0 amide bonds. The average Bonchev–Trinajstić information content (AvgIpc) is 2.26. The third-order valence-electron chi connectivity index (χ3n) is 2.33. The van der Waals surface area contributed by atoms with E-state index in [1.807, 2.05) is 45.9 Å². The minimum absolute atomic E-state index is 0.00991. The molecule has 2 heteroatoms. The van der Waals surface area contributed by atoms with E-state index >= 15 is 0 Å². The smallest absolute Gasteiger partial charge is 0.255 e. The molecule has 0 saturated carbocycles. The fourth-order valence-corrected chi connectivity index (χ4v) is 1.70. The topological polar surface area (TPSA) is 32.9 Å². The fraction of sp³-hybridized carbons (Fsp3) is 0.308. The molecule has 0 radical (unpaired) electrons. The number of aryl methyl sites for hydroxylation is 2. The molecule has 80 valence electrons. The molecule has 0 spiro atoms. The molecule has 2 nitrogen and oxygen atoms in total. The van der Waals surface area contributed by atoms with Crippen LogP contribution in [0, 0.1) is 13.8 Å². The van der Waals surface area contributed by atoms with E-state index in [-0.39, 0.29) is 5.56 Å². The Morgan fingerprint density at radius 1 is 1.07 bits per heavy atom. The zero-order valence-corrected chi connectivity index (χ0v) is 9.72. The number of benzene rings is 1. The van der Waals surface area contributed by atoms with Gasteiger partial charge in [-0.05, 0) is 36.4 Å². The van der Waals surface area contributed by atoms with Gasteiger partial charge in [0.05, 0.1) is 0 Å². The van der Waals surface area contributed by atoms with E-state index in [0.29, 0.717) is 0 Å². The summed E-state index contributed by atoms with van der Waals surface area (Å²) in [6.45, 7) is 8.03. The molecule has 0 aliphatic rings. The van der Waals surface area contributed by atoms with E-state index in [1.165, 1.54) is 0 Å². The van der Waals surface area contributed by atoms with Crippen molar-refractivity contribution < 1.29 is 0 Å². The van der Waals surface area contributed by atoms with Crippen LogP contribution in [0.4, 0.5) is 0 Å². The van der Waals surface area contributed by atoms with Crippen molar-refractivity contribution >= 4 is 10.8 Å². The summed E-state index contributed by atoms with van der Waals surface area (Å²) >= 11 is 0. The SMILES string of the molecule is CC.Cc1cccc2c(=O)[nH]cc(C)c12. The molecule has 1 heterocycles. The van der Waals surface area contributed by atoms with Gasteiger partial charge in [0.2, 0.25) is 0 Å². The van der Waals surface area contributed by atoms with Gasteiger partial charge in [-0.1, -0.05) is 26.0 Å². The highest BCUT2D eigenvalue weighted by Gasteiger charge is 2.02. The summed E-state index contributed by atoms with van der Waals surface area (Å²) in [6, 6.07) is 5.79. The Morgan fingerprint density at radius 2 is 1.73 bits per heavy atom. The van der Waals surface area contributed by atoms with Crippen molar-refractivity contribution in [1.29, 1.82) is 0 Å². The predicted molar refractivity (Wildman–Crippen MR) is 65.4 cm³/mol. The number of nitrogens with one attached hydrogen (secondary N) is 1. The van der Waals surface area contributed by atoms with Gasteiger partial charge >= 0.3 is 0 Å². The van der Waals surface area contributed by atoms with Gasteiger partial charge in [-0.15, -0.1) is 0 Å². The Labute approximate surface area is 90.0 Å². The van der Waals surface area contributed by atoms with Gasteiger partial charge in [0, 0.05) is 11.6 Å². The Balaban J connectivity index is 0.000000531. The van der Waals surface area contributed by atoms with E-state index in [4.69, 9.17) is 0 Å². The molecule has 0 saturated heterocycles. The summed E-state index contributed by atoms with van der Waals surface area (Å²) in [5.74, 6) is 0. The molecule has 1 aromatic carbocycles. The summed E-state index contributed by atoms with van der Waals surface area (Å²) in [4.78, 5) is 14.1. The van der Waals surface area contributed by atoms with E-state index in [0.717, 1.165) is 21.9 Å². The van der Waals surface area contributed by atoms with E-state index in [9.17, 15) is 4.79 Å². The third-order valence-corrected chi connectivity index (χ3v) is 2.33. The van der Waals surface area contributed by atoms with Crippen LogP contribution in [0.5, 0.6) is 0 Å².